The van der Waals surface area contributed by atoms with Crippen LogP contribution in [0.25, 0.3) is 0 Å². The van der Waals surface area contributed by atoms with E-state index in [9.17, 15) is 4.79 Å². The van der Waals surface area contributed by atoms with Gasteiger partial charge < -0.3 is 10.0 Å². The summed E-state index contributed by atoms with van der Waals surface area (Å²) < 4.78 is 0. The van der Waals surface area contributed by atoms with Crippen LogP contribution in [0.2, 0.25) is 5.28 Å². The minimum Gasteiger partial charge on any atom is -0.481 e. The summed E-state index contributed by atoms with van der Waals surface area (Å²) in [6.45, 7) is 3.26. The molecule has 1 saturated heterocycles. The Morgan fingerprint density at radius 3 is 2.65 bits per heavy atom. The summed E-state index contributed by atoms with van der Waals surface area (Å²) in [7, 11) is 0. The summed E-state index contributed by atoms with van der Waals surface area (Å²) in [6, 6.07) is 1.87. The fraction of sp³-hybridized carbons (Fsp3) is 0.545. The lowest BCUT2D eigenvalue weighted by molar-refractivity contribution is -0.142. The van der Waals surface area contributed by atoms with Gasteiger partial charge in [0.2, 0.25) is 5.28 Å². The molecule has 2 rings (SSSR count). The second kappa shape index (κ2) is 4.87. The van der Waals surface area contributed by atoms with Gasteiger partial charge in [0.25, 0.3) is 0 Å². The minimum atomic E-state index is -0.707. The Morgan fingerprint density at radius 1 is 1.47 bits per heavy atom. The van der Waals surface area contributed by atoms with Crippen molar-refractivity contribution in [1.82, 2.24) is 9.97 Å². The fourth-order valence-electron chi connectivity index (χ4n) is 2.03. The van der Waals surface area contributed by atoms with Crippen LogP contribution in [-0.2, 0) is 4.79 Å². The Labute approximate surface area is 104 Å². The molecule has 2 heterocycles. The van der Waals surface area contributed by atoms with Gasteiger partial charge >= 0.3 is 5.97 Å². The van der Waals surface area contributed by atoms with Crippen LogP contribution in [0, 0.1) is 12.8 Å². The molecule has 0 amide bonds. The molecule has 17 heavy (non-hydrogen) atoms. The molecule has 0 spiro atoms. The monoisotopic (exact) mass is 255 g/mol. The van der Waals surface area contributed by atoms with Crippen molar-refractivity contribution in [2.24, 2.45) is 5.92 Å². The third-order valence-corrected chi connectivity index (χ3v) is 3.15. The molecule has 1 aromatic rings. The van der Waals surface area contributed by atoms with Gasteiger partial charge in [-0.2, -0.15) is 0 Å². The van der Waals surface area contributed by atoms with Gasteiger partial charge in [0.15, 0.2) is 0 Å². The lowest BCUT2D eigenvalue weighted by Gasteiger charge is -2.31. The van der Waals surface area contributed by atoms with Gasteiger partial charge in [0.05, 0.1) is 5.92 Å². The van der Waals surface area contributed by atoms with E-state index in [1.54, 1.807) is 0 Å². The van der Waals surface area contributed by atoms with Crippen molar-refractivity contribution in [2.45, 2.75) is 19.8 Å². The van der Waals surface area contributed by atoms with Crippen LogP contribution in [0.1, 0.15) is 18.5 Å². The van der Waals surface area contributed by atoms with E-state index in [2.05, 4.69) is 14.9 Å². The molecular weight excluding hydrogens is 242 g/mol. The average molecular weight is 256 g/mol. The molecule has 0 unspecified atom stereocenters. The Morgan fingerprint density at radius 2 is 2.12 bits per heavy atom. The van der Waals surface area contributed by atoms with Gasteiger partial charge in [-0.1, -0.05) is 0 Å². The number of hydrogen-bond acceptors (Lipinski definition) is 4. The SMILES string of the molecule is Cc1cc(N2CCC(C(=O)O)CC2)nc(Cl)n1. The Balaban J connectivity index is 2.07. The number of hydrogen-bond donors (Lipinski definition) is 1. The molecule has 1 aliphatic heterocycles. The molecule has 0 aliphatic carbocycles. The first-order valence-electron chi connectivity index (χ1n) is 5.55. The zero-order valence-electron chi connectivity index (χ0n) is 9.56. The molecule has 5 nitrogen and oxygen atoms in total. The topological polar surface area (TPSA) is 66.3 Å². The van der Waals surface area contributed by atoms with E-state index in [0.717, 1.165) is 11.5 Å². The maximum Gasteiger partial charge on any atom is 0.306 e. The van der Waals surface area contributed by atoms with Crippen molar-refractivity contribution < 1.29 is 9.90 Å². The summed E-state index contributed by atoms with van der Waals surface area (Å²) in [5, 5.41) is 9.15. The smallest absolute Gasteiger partial charge is 0.306 e. The first-order chi connectivity index (χ1) is 8.06. The van der Waals surface area contributed by atoms with Crippen LogP contribution in [0.4, 0.5) is 5.82 Å². The lowest BCUT2D eigenvalue weighted by Crippen LogP contribution is -2.36. The predicted octanol–water partition coefficient (Wildman–Crippen LogP) is 1.74. The summed E-state index contributed by atoms with van der Waals surface area (Å²) in [6.07, 6.45) is 1.30. The third-order valence-electron chi connectivity index (χ3n) is 2.98. The number of carboxylic acid groups (broad SMARTS) is 1. The van der Waals surface area contributed by atoms with Crippen molar-refractivity contribution >= 4 is 23.4 Å². The zero-order valence-corrected chi connectivity index (χ0v) is 10.3. The number of halogens is 1. The quantitative estimate of drug-likeness (QED) is 0.816. The first-order valence-corrected chi connectivity index (χ1v) is 5.93. The molecule has 92 valence electrons. The highest BCUT2D eigenvalue weighted by molar-refractivity contribution is 6.28. The van der Waals surface area contributed by atoms with Crippen molar-refractivity contribution in [1.29, 1.82) is 0 Å². The van der Waals surface area contributed by atoms with Gasteiger partial charge in [-0.05, 0) is 31.4 Å². The molecule has 1 aliphatic rings. The summed E-state index contributed by atoms with van der Waals surface area (Å²) in [5.41, 5.74) is 0.820. The van der Waals surface area contributed by atoms with Crippen molar-refractivity contribution in [3.63, 3.8) is 0 Å². The lowest BCUT2D eigenvalue weighted by atomic mass is 9.97. The van der Waals surface area contributed by atoms with Crippen LogP contribution in [0.3, 0.4) is 0 Å². The molecular formula is C11H14ClN3O2. The number of nitrogens with zero attached hydrogens (tertiary/aromatic N) is 3. The highest BCUT2D eigenvalue weighted by atomic mass is 35.5. The van der Waals surface area contributed by atoms with Crippen molar-refractivity contribution in [2.75, 3.05) is 18.0 Å². The van der Waals surface area contributed by atoms with Crippen LogP contribution >= 0.6 is 11.6 Å². The summed E-state index contributed by atoms with van der Waals surface area (Å²) in [4.78, 5) is 21.1. The van der Waals surface area contributed by atoms with E-state index < -0.39 is 5.97 Å². The minimum absolute atomic E-state index is 0.232. The molecule has 0 aromatic carbocycles. The van der Waals surface area contributed by atoms with E-state index in [0.29, 0.717) is 25.9 Å². The summed E-state index contributed by atoms with van der Waals surface area (Å²) in [5.74, 6) is -0.155. The van der Waals surface area contributed by atoms with Crippen LogP contribution in [0.5, 0.6) is 0 Å². The van der Waals surface area contributed by atoms with Gasteiger partial charge in [-0.3, -0.25) is 4.79 Å². The average Bonchev–Trinajstić information content (AvgIpc) is 2.28. The molecule has 6 heteroatoms. The maximum atomic E-state index is 10.8. The largest absolute Gasteiger partial charge is 0.481 e. The number of aryl methyl sites for hydroxylation is 1. The van der Waals surface area contributed by atoms with E-state index in [1.165, 1.54) is 0 Å². The molecule has 0 radical (unpaired) electrons. The van der Waals surface area contributed by atoms with E-state index in [4.69, 9.17) is 16.7 Å². The molecule has 1 aromatic heterocycles. The number of anilines is 1. The number of carboxylic acids is 1. The number of aliphatic carboxylic acids is 1. The number of rotatable bonds is 2. The fourth-order valence-corrected chi connectivity index (χ4v) is 2.25. The Hall–Kier alpha value is -1.36. The van der Waals surface area contributed by atoms with E-state index in [1.807, 2.05) is 13.0 Å². The zero-order chi connectivity index (χ0) is 12.4. The van der Waals surface area contributed by atoms with Crippen LogP contribution < -0.4 is 4.90 Å². The van der Waals surface area contributed by atoms with Crippen LogP contribution in [0.15, 0.2) is 6.07 Å². The number of aromatic nitrogens is 2. The van der Waals surface area contributed by atoms with E-state index in [-0.39, 0.29) is 11.2 Å². The maximum absolute atomic E-state index is 10.8. The summed E-state index contributed by atoms with van der Waals surface area (Å²) >= 11 is 5.81. The first kappa shape index (κ1) is 12.1. The number of piperidine rings is 1. The van der Waals surface area contributed by atoms with Crippen molar-refractivity contribution in [3.8, 4) is 0 Å². The second-order valence-corrected chi connectivity index (χ2v) is 4.57. The van der Waals surface area contributed by atoms with Crippen molar-refractivity contribution in [3.05, 3.63) is 17.0 Å². The van der Waals surface area contributed by atoms with Gasteiger partial charge in [-0.15, -0.1) is 0 Å². The van der Waals surface area contributed by atoms with Gasteiger partial charge in [-0.25, -0.2) is 9.97 Å². The van der Waals surface area contributed by atoms with Crippen LogP contribution in [-0.4, -0.2) is 34.1 Å². The highest BCUT2D eigenvalue weighted by Crippen LogP contribution is 2.23. The normalized spacial score (nSPS) is 17.2. The standard InChI is InChI=1S/C11H14ClN3O2/c1-7-6-9(14-11(12)13-7)15-4-2-8(3-5-15)10(16)17/h6,8H,2-5H2,1H3,(H,16,17). The second-order valence-electron chi connectivity index (χ2n) is 4.24. The highest BCUT2D eigenvalue weighted by Gasteiger charge is 2.25. The van der Waals surface area contributed by atoms with Gasteiger partial charge in [0, 0.05) is 24.8 Å². The third kappa shape index (κ3) is 2.85. The molecule has 1 N–H and O–H groups in total. The predicted molar refractivity (Wildman–Crippen MR) is 64.4 cm³/mol. The molecule has 0 atom stereocenters. The van der Waals surface area contributed by atoms with E-state index >= 15 is 0 Å². The molecule has 1 fully saturated rings. The Kier molecular flexibility index (Phi) is 3.47. The number of carbonyl (C=O) groups is 1. The Bertz CT molecular complexity index is 410. The molecule has 0 bridgehead atoms. The molecule has 0 saturated carbocycles. The van der Waals surface area contributed by atoms with Gasteiger partial charge in [0.1, 0.15) is 5.82 Å².